The lowest BCUT2D eigenvalue weighted by molar-refractivity contribution is 0.0430. The molecule has 1 aliphatic heterocycles. The summed E-state index contributed by atoms with van der Waals surface area (Å²) in [6, 6.07) is 0. The molecule has 2 nitrogen and oxygen atoms in total. The van der Waals surface area contributed by atoms with Gasteiger partial charge in [-0.2, -0.15) is 0 Å². The van der Waals surface area contributed by atoms with Crippen LogP contribution in [0.4, 0.5) is 0 Å². The summed E-state index contributed by atoms with van der Waals surface area (Å²) in [6.07, 6.45) is 8.32. The van der Waals surface area contributed by atoms with Gasteiger partial charge in [-0.25, -0.2) is 0 Å². The first-order valence-corrected chi connectivity index (χ1v) is 5.98. The van der Waals surface area contributed by atoms with Crippen LogP contribution < -0.4 is 0 Å². The Labute approximate surface area is 85.9 Å². The molecule has 0 N–H and O–H groups in total. The van der Waals surface area contributed by atoms with E-state index >= 15 is 0 Å². The molecule has 4 rings (SSSR count). The van der Waals surface area contributed by atoms with Crippen molar-refractivity contribution in [3.63, 3.8) is 0 Å². The van der Waals surface area contributed by atoms with Crippen LogP contribution in [0.15, 0.2) is 11.8 Å². The number of hydrogen-bond acceptors (Lipinski definition) is 2. The maximum atomic E-state index is 5.40. The van der Waals surface area contributed by atoms with Crippen molar-refractivity contribution >= 4 is 0 Å². The predicted molar refractivity (Wildman–Crippen MR) is 55.9 cm³/mol. The number of rotatable bonds is 1. The third kappa shape index (κ3) is 1.46. The Hall–Kier alpha value is -0.500. The van der Waals surface area contributed by atoms with Crippen molar-refractivity contribution < 1.29 is 4.74 Å². The lowest BCUT2D eigenvalue weighted by Crippen LogP contribution is -2.40. The number of ether oxygens (including phenoxy) is 1. The fourth-order valence-electron chi connectivity index (χ4n) is 3.14. The van der Waals surface area contributed by atoms with Gasteiger partial charge in [0, 0.05) is 18.8 Å². The molecule has 78 valence electrons. The third-order valence-electron chi connectivity index (χ3n) is 3.97. The topological polar surface area (TPSA) is 12.5 Å². The van der Waals surface area contributed by atoms with E-state index in [1.54, 1.807) is 5.70 Å². The second-order valence-electron chi connectivity index (χ2n) is 4.80. The first-order valence-electron chi connectivity index (χ1n) is 5.98. The van der Waals surface area contributed by atoms with E-state index in [4.69, 9.17) is 4.74 Å². The lowest BCUT2D eigenvalue weighted by Gasteiger charge is -2.42. The molecule has 4 aliphatic rings. The van der Waals surface area contributed by atoms with Crippen LogP contribution >= 0.6 is 0 Å². The quantitative estimate of drug-likeness (QED) is 0.631. The molecule has 0 atom stereocenters. The molecule has 0 unspecified atom stereocenters. The summed E-state index contributed by atoms with van der Waals surface area (Å²) in [5.74, 6) is 1.79. The van der Waals surface area contributed by atoms with Crippen LogP contribution in [0.25, 0.3) is 0 Å². The zero-order valence-electron chi connectivity index (χ0n) is 8.74. The van der Waals surface area contributed by atoms with Gasteiger partial charge in [-0.1, -0.05) is 6.08 Å². The minimum atomic E-state index is 0.887. The molecule has 0 radical (unpaired) electrons. The summed E-state index contributed by atoms with van der Waals surface area (Å²) in [7, 11) is 0. The maximum Gasteiger partial charge on any atom is 0.0642 e. The Bertz CT molecular complexity index is 235. The number of allylic oxidation sites excluding steroid dienone is 2. The van der Waals surface area contributed by atoms with Gasteiger partial charge < -0.3 is 9.64 Å². The zero-order valence-corrected chi connectivity index (χ0v) is 8.74. The van der Waals surface area contributed by atoms with Crippen LogP contribution in [0.3, 0.4) is 0 Å². The second kappa shape index (κ2) is 3.58. The van der Waals surface area contributed by atoms with Crippen molar-refractivity contribution in [1.82, 2.24) is 4.90 Å². The minimum absolute atomic E-state index is 0.887. The van der Waals surface area contributed by atoms with E-state index < -0.39 is 0 Å². The van der Waals surface area contributed by atoms with E-state index in [0.29, 0.717) is 0 Å². The molecule has 2 bridgehead atoms. The van der Waals surface area contributed by atoms with Crippen LogP contribution in [0, 0.1) is 11.8 Å². The van der Waals surface area contributed by atoms with E-state index in [1.165, 1.54) is 25.7 Å². The highest BCUT2D eigenvalue weighted by atomic mass is 16.5. The van der Waals surface area contributed by atoms with Crippen molar-refractivity contribution in [2.75, 3.05) is 26.3 Å². The van der Waals surface area contributed by atoms with Crippen molar-refractivity contribution in [3.8, 4) is 0 Å². The molecule has 0 aromatic heterocycles. The smallest absolute Gasteiger partial charge is 0.0642 e. The fourth-order valence-corrected chi connectivity index (χ4v) is 3.14. The fraction of sp³-hybridized carbons (Fsp3) is 0.833. The first-order chi connectivity index (χ1) is 6.93. The molecule has 0 aromatic carbocycles. The van der Waals surface area contributed by atoms with Gasteiger partial charge in [0.25, 0.3) is 0 Å². The van der Waals surface area contributed by atoms with Crippen LogP contribution in [-0.2, 0) is 4.74 Å². The monoisotopic (exact) mass is 193 g/mol. The highest BCUT2D eigenvalue weighted by molar-refractivity contribution is 5.15. The van der Waals surface area contributed by atoms with Gasteiger partial charge in [0.15, 0.2) is 0 Å². The molecule has 1 heterocycles. The predicted octanol–water partition coefficient (Wildman–Crippen LogP) is 2.02. The van der Waals surface area contributed by atoms with Crippen LogP contribution in [0.2, 0.25) is 0 Å². The third-order valence-corrected chi connectivity index (χ3v) is 3.97. The van der Waals surface area contributed by atoms with E-state index in [0.717, 1.165) is 38.1 Å². The molecule has 0 aromatic rings. The Kier molecular flexibility index (Phi) is 2.24. The summed E-state index contributed by atoms with van der Waals surface area (Å²) in [6.45, 7) is 4.09. The molecule has 14 heavy (non-hydrogen) atoms. The number of nitrogens with zero attached hydrogens (tertiary/aromatic N) is 1. The van der Waals surface area contributed by atoms with Gasteiger partial charge in [0.05, 0.1) is 13.2 Å². The van der Waals surface area contributed by atoms with Crippen molar-refractivity contribution in [3.05, 3.63) is 11.8 Å². The van der Waals surface area contributed by atoms with Gasteiger partial charge in [-0.3, -0.25) is 0 Å². The molecule has 2 fully saturated rings. The average Bonchev–Trinajstić information content (AvgIpc) is 2.32. The van der Waals surface area contributed by atoms with Crippen LogP contribution in [0.1, 0.15) is 25.7 Å². The Balaban J connectivity index is 1.76. The summed E-state index contributed by atoms with van der Waals surface area (Å²) in [5.41, 5.74) is 1.66. The first kappa shape index (κ1) is 8.78. The molecular formula is C12H19NO. The number of fused-ring (bicyclic) bond motifs is 2. The van der Waals surface area contributed by atoms with E-state index in [1.807, 2.05) is 0 Å². The minimum Gasteiger partial charge on any atom is -0.378 e. The van der Waals surface area contributed by atoms with Gasteiger partial charge >= 0.3 is 0 Å². The van der Waals surface area contributed by atoms with Gasteiger partial charge in [-0.05, 0) is 37.5 Å². The molecule has 0 spiro atoms. The number of morpholine rings is 1. The van der Waals surface area contributed by atoms with Crippen molar-refractivity contribution in [2.45, 2.75) is 25.7 Å². The number of hydrogen-bond donors (Lipinski definition) is 0. The summed E-state index contributed by atoms with van der Waals surface area (Å²) in [4.78, 5) is 2.57. The SMILES string of the molecule is C1=C(N2CCOCC2)C2CCC1CC2. The lowest BCUT2D eigenvalue weighted by atomic mass is 9.73. The van der Waals surface area contributed by atoms with Crippen molar-refractivity contribution in [2.24, 2.45) is 11.8 Å². The van der Waals surface area contributed by atoms with E-state index in [-0.39, 0.29) is 0 Å². The summed E-state index contributed by atoms with van der Waals surface area (Å²) in [5, 5.41) is 0. The Morgan fingerprint density at radius 3 is 2.36 bits per heavy atom. The molecule has 3 aliphatic carbocycles. The highest BCUT2D eigenvalue weighted by Gasteiger charge is 2.31. The Morgan fingerprint density at radius 1 is 1.07 bits per heavy atom. The van der Waals surface area contributed by atoms with Gasteiger partial charge in [-0.15, -0.1) is 0 Å². The normalized spacial score (nSPS) is 37.1. The zero-order chi connectivity index (χ0) is 9.38. The standard InChI is InChI=1S/C12H19NO/c1-3-11-4-2-10(1)9-12(11)13-5-7-14-8-6-13/h9-11H,1-8H2. The highest BCUT2D eigenvalue weighted by Crippen LogP contribution is 2.41. The molecule has 1 saturated heterocycles. The average molecular weight is 193 g/mol. The Morgan fingerprint density at radius 2 is 1.79 bits per heavy atom. The second-order valence-corrected chi connectivity index (χ2v) is 4.80. The van der Waals surface area contributed by atoms with E-state index in [2.05, 4.69) is 11.0 Å². The maximum absolute atomic E-state index is 5.40. The van der Waals surface area contributed by atoms with Crippen LogP contribution in [0.5, 0.6) is 0 Å². The molecular weight excluding hydrogens is 174 g/mol. The van der Waals surface area contributed by atoms with Gasteiger partial charge in [0.2, 0.25) is 0 Å². The summed E-state index contributed by atoms with van der Waals surface area (Å²) >= 11 is 0. The molecule has 2 heteroatoms. The van der Waals surface area contributed by atoms with Gasteiger partial charge in [0.1, 0.15) is 0 Å². The largest absolute Gasteiger partial charge is 0.378 e. The van der Waals surface area contributed by atoms with E-state index in [9.17, 15) is 0 Å². The molecule has 1 saturated carbocycles. The molecule has 0 amide bonds. The summed E-state index contributed by atoms with van der Waals surface area (Å²) < 4.78 is 5.40. The van der Waals surface area contributed by atoms with Crippen LogP contribution in [-0.4, -0.2) is 31.2 Å². The van der Waals surface area contributed by atoms with Crippen molar-refractivity contribution in [1.29, 1.82) is 0 Å².